The summed E-state index contributed by atoms with van der Waals surface area (Å²) in [4.78, 5) is 2.04. The van der Waals surface area contributed by atoms with Crippen molar-refractivity contribution in [2.45, 2.75) is 13.8 Å². The molecule has 0 heterocycles. The Morgan fingerprint density at radius 1 is 1.15 bits per heavy atom. The van der Waals surface area contributed by atoms with Crippen molar-refractivity contribution in [3.8, 4) is 6.07 Å². The fraction of sp³-hybridized carbons (Fsp3) is 0.364. The fourth-order valence-corrected chi connectivity index (χ4v) is 1.38. The van der Waals surface area contributed by atoms with E-state index in [2.05, 4.69) is 6.07 Å². The molecule has 1 aromatic carbocycles. The van der Waals surface area contributed by atoms with E-state index >= 15 is 0 Å². The Kier molecular flexibility index (Phi) is 2.57. The van der Waals surface area contributed by atoms with Gasteiger partial charge in [-0.2, -0.15) is 5.26 Å². The number of benzene rings is 1. The molecule has 0 saturated heterocycles. The van der Waals surface area contributed by atoms with Crippen LogP contribution in [0.1, 0.15) is 16.7 Å². The zero-order valence-corrected chi connectivity index (χ0v) is 8.55. The van der Waals surface area contributed by atoms with E-state index in [9.17, 15) is 0 Å². The Morgan fingerprint density at radius 2 is 1.62 bits per heavy atom. The molecule has 2 nitrogen and oxygen atoms in total. The van der Waals surface area contributed by atoms with Gasteiger partial charge in [0.25, 0.3) is 0 Å². The first-order valence-corrected chi connectivity index (χ1v) is 4.25. The van der Waals surface area contributed by atoms with Gasteiger partial charge in [0, 0.05) is 19.8 Å². The molecule has 0 unspecified atom stereocenters. The Balaban J connectivity index is 3.30. The lowest BCUT2D eigenvalue weighted by molar-refractivity contribution is 1.12. The van der Waals surface area contributed by atoms with Gasteiger partial charge in [0.2, 0.25) is 0 Å². The molecule has 0 aliphatic rings. The van der Waals surface area contributed by atoms with E-state index in [1.165, 1.54) is 0 Å². The maximum atomic E-state index is 8.87. The highest BCUT2D eigenvalue weighted by Gasteiger charge is 2.04. The van der Waals surface area contributed by atoms with Gasteiger partial charge in [0.1, 0.15) is 0 Å². The lowest BCUT2D eigenvalue weighted by Gasteiger charge is -2.15. The van der Waals surface area contributed by atoms with Crippen molar-refractivity contribution >= 4 is 5.69 Å². The average molecular weight is 174 g/mol. The first kappa shape index (κ1) is 9.60. The summed E-state index contributed by atoms with van der Waals surface area (Å²) in [7, 11) is 4.00. The van der Waals surface area contributed by atoms with E-state index < -0.39 is 0 Å². The maximum absolute atomic E-state index is 8.87. The van der Waals surface area contributed by atoms with Crippen molar-refractivity contribution in [1.82, 2.24) is 0 Å². The number of nitriles is 1. The monoisotopic (exact) mass is 174 g/mol. The lowest BCUT2D eigenvalue weighted by atomic mass is 10.0. The third kappa shape index (κ3) is 1.81. The van der Waals surface area contributed by atoms with Crippen LogP contribution >= 0.6 is 0 Å². The van der Waals surface area contributed by atoms with Crippen LogP contribution in [0.5, 0.6) is 0 Å². The number of aryl methyl sites for hydroxylation is 2. The van der Waals surface area contributed by atoms with Gasteiger partial charge in [-0.3, -0.25) is 0 Å². The van der Waals surface area contributed by atoms with Gasteiger partial charge < -0.3 is 4.90 Å². The number of nitrogens with zero attached hydrogens (tertiary/aromatic N) is 2. The summed E-state index contributed by atoms with van der Waals surface area (Å²) in [6, 6.07) is 6.28. The van der Waals surface area contributed by atoms with E-state index in [4.69, 9.17) is 5.26 Å². The summed E-state index contributed by atoms with van der Waals surface area (Å²) in [6.07, 6.45) is 0. The third-order valence-corrected chi connectivity index (χ3v) is 2.15. The van der Waals surface area contributed by atoms with Crippen molar-refractivity contribution in [2.75, 3.05) is 19.0 Å². The van der Waals surface area contributed by atoms with Gasteiger partial charge in [0.15, 0.2) is 0 Å². The summed E-state index contributed by atoms with van der Waals surface area (Å²) in [5, 5.41) is 8.87. The Bertz CT molecular complexity index is 336. The zero-order valence-electron chi connectivity index (χ0n) is 8.55. The van der Waals surface area contributed by atoms with Crippen LogP contribution in [0.3, 0.4) is 0 Å². The van der Waals surface area contributed by atoms with Crippen LogP contribution in [0.15, 0.2) is 12.1 Å². The fourth-order valence-electron chi connectivity index (χ4n) is 1.38. The first-order chi connectivity index (χ1) is 6.06. The van der Waals surface area contributed by atoms with Crippen molar-refractivity contribution in [1.29, 1.82) is 5.26 Å². The SMILES string of the molecule is Cc1cc(N(C)C)cc(C)c1C#N. The van der Waals surface area contributed by atoms with Crippen LogP contribution in [0.4, 0.5) is 5.69 Å². The van der Waals surface area contributed by atoms with E-state index in [0.29, 0.717) is 0 Å². The van der Waals surface area contributed by atoms with Crippen LogP contribution in [-0.2, 0) is 0 Å². The number of hydrogen-bond acceptors (Lipinski definition) is 2. The van der Waals surface area contributed by atoms with Gasteiger partial charge in [-0.1, -0.05) is 0 Å². The third-order valence-electron chi connectivity index (χ3n) is 2.15. The molecule has 0 aromatic heterocycles. The van der Waals surface area contributed by atoms with Crippen molar-refractivity contribution in [3.63, 3.8) is 0 Å². The molecule has 0 N–H and O–H groups in total. The van der Waals surface area contributed by atoms with Gasteiger partial charge >= 0.3 is 0 Å². The van der Waals surface area contributed by atoms with Gasteiger partial charge in [0.05, 0.1) is 11.6 Å². The summed E-state index contributed by atoms with van der Waals surface area (Å²) in [5.74, 6) is 0. The van der Waals surface area contributed by atoms with Crippen LogP contribution in [0.2, 0.25) is 0 Å². The molecule has 0 aliphatic carbocycles. The molecule has 0 atom stereocenters. The second-order valence-corrected chi connectivity index (χ2v) is 3.46. The largest absolute Gasteiger partial charge is 0.378 e. The van der Waals surface area contributed by atoms with Crippen LogP contribution < -0.4 is 4.90 Å². The maximum Gasteiger partial charge on any atom is 0.0997 e. The Hall–Kier alpha value is -1.49. The minimum absolute atomic E-state index is 0.797. The molecule has 2 heteroatoms. The molecule has 1 rings (SSSR count). The van der Waals surface area contributed by atoms with Gasteiger partial charge in [-0.05, 0) is 37.1 Å². The molecule has 0 bridgehead atoms. The minimum atomic E-state index is 0.797. The average Bonchev–Trinajstić information content (AvgIpc) is 2.03. The molecule has 0 spiro atoms. The predicted molar refractivity (Wildman–Crippen MR) is 55.0 cm³/mol. The number of hydrogen-bond donors (Lipinski definition) is 0. The zero-order chi connectivity index (χ0) is 10.0. The van der Waals surface area contributed by atoms with E-state index in [0.717, 1.165) is 22.4 Å². The Labute approximate surface area is 79.4 Å². The van der Waals surface area contributed by atoms with Crippen molar-refractivity contribution in [3.05, 3.63) is 28.8 Å². The normalized spacial score (nSPS) is 9.46. The Morgan fingerprint density at radius 3 is 1.92 bits per heavy atom. The van der Waals surface area contributed by atoms with Crippen molar-refractivity contribution < 1.29 is 0 Å². The first-order valence-electron chi connectivity index (χ1n) is 4.25. The molecule has 0 fully saturated rings. The molecule has 1 aromatic rings. The number of rotatable bonds is 1. The molecular weight excluding hydrogens is 160 g/mol. The minimum Gasteiger partial charge on any atom is -0.378 e. The van der Waals surface area contributed by atoms with Crippen molar-refractivity contribution in [2.24, 2.45) is 0 Å². The van der Waals surface area contributed by atoms with Crippen LogP contribution in [0, 0.1) is 25.2 Å². The van der Waals surface area contributed by atoms with Gasteiger partial charge in [-0.25, -0.2) is 0 Å². The highest BCUT2D eigenvalue weighted by Crippen LogP contribution is 2.20. The molecule has 0 radical (unpaired) electrons. The summed E-state index contributed by atoms with van der Waals surface area (Å²) >= 11 is 0. The molecule has 0 aliphatic heterocycles. The molecule has 0 saturated carbocycles. The van der Waals surface area contributed by atoms with E-state index in [1.54, 1.807) is 0 Å². The molecular formula is C11H14N2. The van der Waals surface area contributed by atoms with E-state index in [1.807, 2.05) is 45.0 Å². The van der Waals surface area contributed by atoms with Crippen LogP contribution in [-0.4, -0.2) is 14.1 Å². The summed E-state index contributed by atoms with van der Waals surface area (Å²) in [6.45, 7) is 3.94. The van der Waals surface area contributed by atoms with Crippen LogP contribution in [0.25, 0.3) is 0 Å². The molecule has 0 amide bonds. The van der Waals surface area contributed by atoms with E-state index in [-0.39, 0.29) is 0 Å². The topological polar surface area (TPSA) is 27.0 Å². The highest BCUT2D eigenvalue weighted by molar-refractivity contribution is 5.56. The highest BCUT2D eigenvalue weighted by atomic mass is 15.1. The van der Waals surface area contributed by atoms with Gasteiger partial charge in [-0.15, -0.1) is 0 Å². The standard InChI is InChI=1S/C11H14N2/c1-8-5-10(13(3)4)6-9(2)11(8)7-12/h5-6H,1-4H3. The summed E-state index contributed by atoms with van der Waals surface area (Å²) in [5.41, 5.74) is 4.04. The summed E-state index contributed by atoms with van der Waals surface area (Å²) < 4.78 is 0. The molecule has 68 valence electrons. The second-order valence-electron chi connectivity index (χ2n) is 3.46. The second kappa shape index (κ2) is 3.49. The quantitative estimate of drug-likeness (QED) is 0.653. The molecule has 13 heavy (non-hydrogen) atoms. The predicted octanol–water partition coefficient (Wildman–Crippen LogP) is 2.24. The lowest BCUT2D eigenvalue weighted by Crippen LogP contribution is -2.09. The smallest absolute Gasteiger partial charge is 0.0997 e. The number of anilines is 1.